The number of aromatic amines is 1. The first-order chi connectivity index (χ1) is 14.0. The van der Waals surface area contributed by atoms with Gasteiger partial charge in [-0.15, -0.1) is 4.80 Å². The Kier molecular flexibility index (Phi) is 3.97. The van der Waals surface area contributed by atoms with Gasteiger partial charge in [0.15, 0.2) is 0 Å². The van der Waals surface area contributed by atoms with Crippen molar-refractivity contribution >= 4 is 16.7 Å². The van der Waals surface area contributed by atoms with E-state index in [0.717, 1.165) is 28.9 Å². The van der Waals surface area contributed by atoms with Crippen LogP contribution in [0, 0.1) is 25.7 Å². The van der Waals surface area contributed by atoms with Crippen molar-refractivity contribution in [3.8, 4) is 5.69 Å². The van der Waals surface area contributed by atoms with Crippen molar-refractivity contribution in [3.63, 3.8) is 0 Å². The predicted molar refractivity (Wildman–Crippen MR) is 110 cm³/mol. The summed E-state index contributed by atoms with van der Waals surface area (Å²) in [6.07, 6.45) is 3.91. The summed E-state index contributed by atoms with van der Waals surface area (Å²) in [5.74, 6) is 0.482. The van der Waals surface area contributed by atoms with Gasteiger partial charge in [-0.1, -0.05) is 12.2 Å². The van der Waals surface area contributed by atoms with Crippen LogP contribution in [0.2, 0.25) is 0 Å². The number of imidazole rings is 1. The molecule has 2 aromatic heterocycles. The zero-order chi connectivity index (χ0) is 20.1. The molecular formula is C22H20FN6. The van der Waals surface area contributed by atoms with Crippen LogP contribution in [0.4, 0.5) is 10.1 Å². The lowest BCUT2D eigenvalue weighted by molar-refractivity contribution is 0.620. The second kappa shape index (κ2) is 6.55. The fourth-order valence-electron chi connectivity index (χ4n) is 3.91. The van der Waals surface area contributed by atoms with E-state index < -0.39 is 0 Å². The number of aromatic nitrogens is 5. The fourth-order valence-corrected chi connectivity index (χ4v) is 3.91. The van der Waals surface area contributed by atoms with E-state index in [1.54, 1.807) is 12.4 Å². The first-order valence-electron chi connectivity index (χ1n) is 9.47. The number of hydrogen-bond acceptors (Lipinski definition) is 4. The highest BCUT2D eigenvalue weighted by Crippen LogP contribution is 2.40. The van der Waals surface area contributed by atoms with Crippen molar-refractivity contribution in [1.82, 2.24) is 25.0 Å². The Labute approximate surface area is 167 Å². The molecule has 7 heteroatoms. The number of anilines is 1. The zero-order valence-corrected chi connectivity index (χ0v) is 16.3. The van der Waals surface area contributed by atoms with Gasteiger partial charge in [-0.3, -0.25) is 0 Å². The minimum absolute atomic E-state index is 0.0833. The molecule has 0 unspecified atom stereocenters. The lowest BCUT2D eigenvalue weighted by Crippen LogP contribution is -2.25. The second-order valence-electron chi connectivity index (χ2n) is 7.54. The normalized spacial score (nSPS) is 16.9. The van der Waals surface area contributed by atoms with Crippen molar-refractivity contribution in [2.45, 2.75) is 26.3 Å². The third kappa shape index (κ3) is 2.99. The highest BCUT2D eigenvalue weighted by atomic mass is 19.1. The van der Waals surface area contributed by atoms with Gasteiger partial charge in [0.25, 0.3) is 0 Å². The average molecular weight is 387 g/mol. The number of H-pyrrole nitrogens is 1. The van der Waals surface area contributed by atoms with Gasteiger partial charge >= 0.3 is 0 Å². The van der Waals surface area contributed by atoms with E-state index in [0.29, 0.717) is 17.9 Å². The summed E-state index contributed by atoms with van der Waals surface area (Å²) in [6, 6.07) is 9.90. The van der Waals surface area contributed by atoms with Crippen LogP contribution in [-0.2, 0) is 0 Å². The number of hydrogen-bond donors (Lipinski definition) is 1. The summed E-state index contributed by atoms with van der Waals surface area (Å²) in [7, 11) is 0. The van der Waals surface area contributed by atoms with Gasteiger partial charge in [-0.25, -0.2) is 9.37 Å². The Morgan fingerprint density at radius 2 is 1.93 bits per heavy atom. The van der Waals surface area contributed by atoms with E-state index >= 15 is 0 Å². The molecule has 3 heterocycles. The van der Waals surface area contributed by atoms with E-state index in [4.69, 9.17) is 4.98 Å². The van der Waals surface area contributed by atoms with Gasteiger partial charge < -0.3 is 9.88 Å². The van der Waals surface area contributed by atoms with Crippen molar-refractivity contribution < 1.29 is 4.39 Å². The molecule has 5 rings (SSSR count). The summed E-state index contributed by atoms with van der Waals surface area (Å²) in [5, 5.41) is 8.40. The summed E-state index contributed by atoms with van der Waals surface area (Å²) in [5.41, 5.74) is 6.67. The van der Waals surface area contributed by atoms with Gasteiger partial charge in [0.2, 0.25) is 0 Å². The molecule has 4 aromatic rings. The van der Waals surface area contributed by atoms with Crippen LogP contribution in [0.5, 0.6) is 0 Å². The molecule has 1 radical (unpaired) electrons. The number of rotatable bonds is 3. The molecular weight excluding hydrogens is 367 g/mol. The van der Waals surface area contributed by atoms with Crippen LogP contribution in [0.25, 0.3) is 16.7 Å². The van der Waals surface area contributed by atoms with Crippen molar-refractivity contribution in [1.29, 1.82) is 0 Å². The van der Waals surface area contributed by atoms with E-state index in [9.17, 15) is 4.39 Å². The smallest absolute Gasteiger partial charge is 0.130 e. The number of halogens is 1. The molecule has 0 bridgehead atoms. The van der Waals surface area contributed by atoms with Crippen molar-refractivity contribution in [2.24, 2.45) is 0 Å². The van der Waals surface area contributed by atoms with Crippen LogP contribution in [0.15, 0.2) is 48.8 Å². The van der Waals surface area contributed by atoms with E-state index in [1.165, 1.54) is 28.1 Å². The molecule has 0 aliphatic carbocycles. The molecule has 145 valence electrons. The van der Waals surface area contributed by atoms with Crippen molar-refractivity contribution in [2.75, 3.05) is 11.4 Å². The second-order valence-corrected chi connectivity index (χ2v) is 7.54. The summed E-state index contributed by atoms with van der Waals surface area (Å²) in [6.45, 7) is 8.95. The number of nitrogens with zero attached hydrogens (tertiary/aromatic N) is 5. The maximum absolute atomic E-state index is 14.2. The Hall–Kier alpha value is -3.48. The van der Waals surface area contributed by atoms with Gasteiger partial charge in [0.05, 0.1) is 35.2 Å². The number of benzene rings is 2. The molecule has 0 spiro atoms. The van der Waals surface area contributed by atoms with Gasteiger partial charge in [-0.2, -0.15) is 10.2 Å². The SMILES string of the molecule is C=C1C[C@@H](c2nc3cc(C)c(C)cc3[nH]2)N(c2cc(F)c[c]c2-n2nccn2)C1. The molecule has 1 N–H and O–H groups in total. The molecule has 1 saturated heterocycles. The number of aryl methyl sites for hydroxylation is 2. The largest absolute Gasteiger partial charge is 0.355 e. The standard InChI is InChI=1S/C22H20FN6/c1-13-8-21(22-26-17-9-14(2)15(3)10-18(17)27-22)28(12-13)20-11-16(23)4-5-19(20)29-24-6-7-25-29/h4,6-7,9-11,21H,1,8,12H2,2-3H3,(H,26,27)/t21-/m0/s1. The zero-order valence-electron chi connectivity index (χ0n) is 16.3. The summed E-state index contributed by atoms with van der Waals surface area (Å²) >= 11 is 0. The van der Waals surface area contributed by atoms with Gasteiger partial charge in [-0.05, 0) is 55.7 Å². The lowest BCUT2D eigenvalue weighted by Gasteiger charge is -2.26. The van der Waals surface area contributed by atoms with Gasteiger partial charge in [0.1, 0.15) is 17.3 Å². The van der Waals surface area contributed by atoms with Crippen LogP contribution >= 0.6 is 0 Å². The maximum Gasteiger partial charge on any atom is 0.130 e. The monoisotopic (exact) mass is 387 g/mol. The summed E-state index contributed by atoms with van der Waals surface area (Å²) in [4.78, 5) is 11.9. The fraction of sp³-hybridized carbons (Fsp3) is 0.227. The minimum atomic E-state index is -0.358. The molecule has 1 aliphatic heterocycles. The summed E-state index contributed by atoms with van der Waals surface area (Å²) < 4.78 is 14.2. The average Bonchev–Trinajstić information content (AvgIpc) is 3.41. The maximum atomic E-state index is 14.2. The van der Waals surface area contributed by atoms with Crippen LogP contribution in [0.1, 0.15) is 29.4 Å². The van der Waals surface area contributed by atoms with Crippen LogP contribution in [-0.4, -0.2) is 31.5 Å². The Bertz CT molecular complexity index is 1180. The Morgan fingerprint density at radius 1 is 1.17 bits per heavy atom. The first-order valence-corrected chi connectivity index (χ1v) is 9.47. The quantitative estimate of drug-likeness (QED) is 0.535. The molecule has 0 amide bonds. The predicted octanol–water partition coefficient (Wildman–Crippen LogP) is 4.21. The first kappa shape index (κ1) is 17.6. The van der Waals surface area contributed by atoms with E-state index in [2.05, 4.69) is 58.7 Å². The molecule has 1 fully saturated rings. The molecule has 29 heavy (non-hydrogen) atoms. The highest BCUT2D eigenvalue weighted by molar-refractivity contribution is 5.77. The minimum Gasteiger partial charge on any atom is -0.355 e. The third-order valence-corrected chi connectivity index (χ3v) is 5.48. The Morgan fingerprint density at radius 3 is 2.72 bits per heavy atom. The third-order valence-electron chi connectivity index (χ3n) is 5.48. The van der Waals surface area contributed by atoms with Crippen molar-refractivity contribution in [3.05, 3.63) is 77.6 Å². The molecule has 6 nitrogen and oxygen atoms in total. The molecule has 1 atom stereocenters. The topological polar surface area (TPSA) is 62.6 Å². The highest BCUT2D eigenvalue weighted by Gasteiger charge is 2.33. The lowest BCUT2D eigenvalue weighted by atomic mass is 10.1. The number of nitrogens with one attached hydrogen (secondary N) is 1. The van der Waals surface area contributed by atoms with E-state index in [-0.39, 0.29) is 11.9 Å². The molecule has 2 aromatic carbocycles. The van der Waals surface area contributed by atoms with Crippen LogP contribution in [0.3, 0.4) is 0 Å². The molecule has 0 saturated carbocycles. The van der Waals surface area contributed by atoms with E-state index in [1.807, 2.05) is 0 Å². The number of fused-ring (bicyclic) bond motifs is 1. The molecule has 1 aliphatic rings. The Balaban J connectivity index is 1.62. The van der Waals surface area contributed by atoms with Gasteiger partial charge in [0, 0.05) is 12.6 Å². The van der Waals surface area contributed by atoms with Crippen LogP contribution < -0.4 is 4.90 Å².